The van der Waals surface area contributed by atoms with Gasteiger partial charge in [0.15, 0.2) is 6.29 Å². The van der Waals surface area contributed by atoms with E-state index in [-0.39, 0.29) is 0 Å². The van der Waals surface area contributed by atoms with E-state index in [1.54, 1.807) is 0 Å². The maximum Gasteiger partial charge on any atom is 0.150 e. The van der Waals surface area contributed by atoms with Crippen molar-refractivity contribution in [2.45, 2.75) is 0 Å². The van der Waals surface area contributed by atoms with Crippen LogP contribution in [-0.4, -0.2) is 6.29 Å². The predicted octanol–water partition coefficient (Wildman–Crippen LogP) is 5.99. The quantitative estimate of drug-likeness (QED) is 0.425. The zero-order valence-electron chi connectivity index (χ0n) is 13.1. The summed E-state index contributed by atoms with van der Waals surface area (Å²) in [6, 6.07) is 30.8. The summed E-state index contributed by atoms with van der Waals surface area (Å²) in [5, 5.41) is 2.44. The molecule has 0 fully saturated rings. The second kappa shape index (κ2) is 6.13. The first kappa shape index (κ1) is 14.4. The molecule has 0 saturated carbocycles. The molecule has 0 aliphatic heterocycles. The molecule has 0 aromatic heterocycles. The molecule has 0 radical (unpaired) electrons. The van der Waals surface area contributed by atoms with E-state index in [1.165, 1.54) is 10.8 Å². The van der Waals surface area contributed by atoms with Gasteiger partial charge in [0.05, 0.1) is 0 Å². The van der Waals surface area contributed by atoms with Gasteiger partial charge in [-0.3, -0.25) is 4.79 Å². The molecule has 24 heavy (non-hydrogen) atoms. The molecular weight excluding hydrogens is 292 g/mol. The van der Waals surface area contributed by atoms with Gasteiger partial charge in [0.1, 0.15) is 0 Å². The van der Waals surface area contributed by atoms with Crippen molar-refractivity contribution < 1.29 is 4.79 Å². The van der Waals surface area contributed by atoms with Gasteiger partial charge >= 0.3 is 0 Å². The monoisotopic (exact) mass is 308 g/mol. The number of carbonyl (C=O) groups excluding carboxylic acids is 1. The molecule has 0 N–H and O–H groups in total. The molecule has 0 atom stereocenters. The van der Waals surface area contributed by atoms with Gasteiger partial charge in [-0.15, -0.1) is 0 Å². The van der Waals surface area contributed by atoms with Crippen LogP contribution in [0.1, 0.15) is 10.4 Å². The highest BCUT2D eigenvalue weighted by Crippen LogP contribution is 2.34. The van der Waals surface area contributed by atoms with E-state index in [0.29, 0.717) is 5.56 Å². The van der Waals surface area contributed by atoms with Gasteiger partial charge in [-0.2, -0.15) is 0 Å². The minimum absolute atomic E-state index is 0.714. The van der Waals surface area contributed by atoms with E-state index in [4.69, 9.17) is 0 Å². The molecule has 0 aliphatic carbocycles. The SMILES string of the molecule is O=Cc1ccccc1-c1ccccc1-c1ccc2ccccc2c1. The highest BCUT2D eigenvalue weighted by Gasteiger charge is 2.10. The maximum absolute atomic E-state index is 11.4. The third kappa shape index (κ3) is 2.50. The largest absolute Gasteiger partial charge is 0.298 e. The van der Waals surface area contributed by atoms with E-state index in [0.717, 1.165) is 28.5 Å². The summed E-state index contributed by atoms with van der Waals surface area (Å²) in [5.74, 6) is 0. The van der Waals surface area contributed by atoms with E-state index < -0.39 is 0 Å². The Kier molecular flexibility index (Phi) is 3.68. The average Bonchev–Trinajstić information content (AvgIpc) is 2.67. The molecule has 114 valence electrons. The third-order valence-electron chi connectivity index (χ3n) is 4.37. The van der Waals surface area contributed by atoms with Crippen molar-refractivity contribution >= 4 is 17.1 Å². The van der Waals surface area contributed by atoms with Gasteiger partial charge in [0, 0.05) is 5.56 Å². The Balaban J connectivity index is 1.94. The third-order valence-corrected chi connectivity index (χ3v) is 4.37. The van der Waals surface area contributed by atoms with Crippen LogP contribution in [0.25, 0.3) is 33.0 Å². The Morgan fingerprint density at radius 1 is 0.542 bits per heavy atom. The van der Waals surface area contributed by atoms with Crippen LogP contribution in [0.5, 0.6) is 0 Å². The number of rotatable bonds is 3. The molecular formula is C23H16O. The Morgan fingerprint density at radius 2 is 1.17 bits per heavy atom. The van der Waals surface area contributed by atoms with Gasteiger partial charge in [0.25, 0.3) is 0 Å². The minimum atomic E-state index is 0.714. The topological polar surface area (TPSA) is 17.1 Å². The molecule has 0 amide bonds. The highest BCUT2D eigenvalue weighted by molar-refractivity contribution is 5.95. The molecule has 1 heteroatoms. The van der Waals surface area contributed by atoms with Crippen LogP contribution in [-0.2, 0) is 0 Å². The van der Waals surface area contributed by atoms with Crippen LogP contribution in [0.2, 0.25) is 0 Å². The van der Waals surface area contributed by atoms with E-state index in [9.17, 15) is 4.79 Å². The standard InChI is InChI=1S/C23H16O/c24-16-20-9-3-4-11-22(20)23-12-6-5-10-21(23)19-14-13-17-7-1-2-8-18(17)15-19/h1-16H. The lowest BCUT2D eigenvalue weighted by Crippen LogP contribution is -1.90. The molecule has 4 rings (SSSR count). The van der Waals surface area contributed by atoms with E-state index in [2.05, 4.69) is 54.6 Å². The van der Waals surface area contributed by atoms with Crippen molar-refractivity contribution in [2.75, 3.05) is 0 Å². The molecule has 1 nitrogen and oxygen atoms in total. The highest BCUT2D eigenvalue weighted by atomic mass is 16.1. The molecule has 0 heterocycles. The van der Waals surface area contributed by atoms with Crippen LogP contribution in [0.4, 0.5) is 0 Å². The lowest BCUT2D eigenvalue weighted by atomic mass is 9.91. The molecule has 0 unspecified atom stereocenters. The number of fused-ring (bicyclic) bond motifs is 1. The van der Waals surface area contributed by atoms with Crippen molar-refractivity contribution in [1.29, 1.82) is 0 Å². The zero-order chi connectivity index (χ0) is 16.4. The number of benzene rings is 4. The maximum atomic E-state index is 11.4. The molecule has 4 aromatic rings. The summed E-state index contributed by atoms with van der Waals surface area (Å²) in [6.45, 7) is 0. The van der Waals surface area contributed by atoms with Crippen molar-refractivity contribution in [1.82, 2.24) is 0 Å². The summed E-state index contributed by atoms with van der Waals surface area (Å²) in [6.07, 6.45) is 0.923. The minimum Gasteiger partial charge on any atom is -0.298 e. The van der Waals surface area contributed by atoms with Crippen LogP contribution in [0.3, 0.4) is 0 Å². The smallest absolute Gasteiger partial charge is 0.150 e. The number of aldehydes is 1. The fourth-order valence-electron chi connectivity index (χ4n) is 3.17. The number of carbonyl (C=O) groups is 1. The lowest BCUT2D eigenvalue weighted by molar-refractivity contribution is 0.112. The molecule has 0 spiro atoms. The van der Waals surface area contributed by atoms with Gasteiger partial charge in [-0.1, -0.05) is 84.9 Å². The van der Waals surface area contributed by atoms with E-state index in [1.807, 2.05) is 36.4 Å². The summed E-state index contributed by atoms with van der Waals surface area (Å²) in [7, 11) is 0. The normalized spacial score (nSPS) is 10.7. The molecule has 4 aromatic carbocycles. The first-order chi connectivity index (χ1) is 11.9. The van der Waals surface area contributed by atoms with Crippen LogP contribution in [0, 0.1) is 0 Å². The van der Waals surface area contributed by atoms with Crippen LogP contribution in [0.15, 0.2) is 91.0 Å². The fraction of sp³-hybridized carbons (Fsp3) is 0. The number of hydrogen-bond acceptors (Lipinski definition) is 1. The van der Waals surface area contributed by atoms with Crippen LogP contribution < -0.4 is 0 Å². The van der Waals surface area contributed by atoms with Gasteiger partial charge in [-0.25, -0.2) is 0 Å². The summed E-state index contributed by atoms with van der Waals surface area (Å²) in [4.78, 5) is 11.4. The lowest BCUT2D eigenvalue weighted by Gasteiger charge is -2.12. The first-order valence-electron chi connectivity index (χ1n) is 7.99. The van der Waals surface area contributed by atoms with Gasteiger partial charge < -0.3 is 0 Å². The van der Waals surface area contributed by atoms with Crippen LogP contribution >= 0.6 is 0 Å². The summed E-state index contributed by atoms with van der Waals surface area (Å²) < 4.78 is 0. The molecule has 0 saturated heterocycles. The van der Waals surface area contributed by atoms with Crippen molar-refractivity contribution in [3.63, 3.8) is 0 Å². The summed E-state index contributed by atoms with van der Waals surface area (Å²) in [5.41, 5.74) is 5.06. The van der Waals surface area contributed by atoms with E-state index >= 15 is 0 Å². The average molecular weight is 308 g/mol. The molecule has 0 bridgehead atoms. The van der Waals surface area contributed by atoms with Gasteiger partial charge in [0.2, 0.25) is 0 Å². The fourth-order valence-corrected chi connectivity index (χ4v) is 3.17. The van der Waals surface area contributed by atoms with Gasteiger partial charge in [-0.05, 0) is 39.1 Å². The zero-order valence-corrected chi connectivity index (χ0v) is 13.1. The molecule has 0 aliphatic rings. The Labute approximate surface area is 141 Å². The first-order valence-corrected chi connectivity index (χ1v) is 7.99. The Hall–Kier alpha value is -3.19. The van der Waals surface area contributed by atoms with Crippen molar-refractivity contribution in [2.24, 2.45) is 0 Å². The Bertz CT molecular complexity index is 1030. The van der Waals surface area contributed by atoms with Crippen molar-refractivity contribution in [3.8, 4) is 22.3 Å². The summed E-state index contributed by atoms with van der Waals surface area (Å²) >= 11 is 0. The Morgan fingerprint density at radius 3 is 1.96 bits per heavy atom. The second-order valence-electron chi connectivity index (χ2n) is 5.81. The predicted molar refractivity (Wildman–Crippen MR) is 100 cm³/mol. The number of hydrogen-bond donors (Lipinski definition) is 0. The van der Waals surface area contributed by atoms with Crippen molar-refractivity contribution in [3.05, 3.63) is 96.6 Å². The second-order valence-corrected chi connectivity index (χ2v) is 5.81.